The summed E-state index contributed by atoms with van der Waals surface area (Å²) in [6, 6.07) is 7.23. The molecule has 21 heavy (non-hydrogen) atoms. The summed E-state index contributed by atoms with van der Waals surface area (Å²) >= 11 is 5.89. The fourth-order valence-electron chi connectivity index (χ4n) is 2.55. The van der Waals surface area contributed by atoms with Crippen LogP contribution in [0.3, 0.4) is 0 Å². The van der Waals surface area contributed by atoms with E-state index in [1.807, 2.05) is 24.3 Å². The predicted octanol–water partition coefficient (Wildman–Crippen LogP) is 3.09. The number of halogens is 1. The molecule has 0 unspecified atom stereocenters. The molecule has 1 aliphatic carbocycles. The Hall–Kier alpha value is -1.30. The van der Waals surface area contributed by atoms with Gasteiger partial charge in [0.25, 0.3) is 0 Å². The summed E-state index contributed by atoms with van der Waals surface area (Å²) in [7, 11) is 0. The number of benzene rings is 1. The van der Waals surface area contributed by atoms with Gasteiger partial charge >= 0.3 is 6.03 Å². The molecule has 1 saturated carbocycles. The standard InChI is InChI=1S/C15H19ClN2O3/c16-12-6-4-11(5-7-12)15(8-9-15)17-14(19)18-21-13-3-1-2-10-20-13/h4-7,13H,1-3,8-10H2,(H2,17,18,19)/t13-/m1/s1. The van der Waals surface area contributed by atoms with Gasteiger partial charge in [0, 0.05) is 18.1 Å². The zero-order valence-electron chi connectivity index (χ0n) is 11.7. The third-order valence-electron chi connectivity index (χ3n) is 3.92. The van der Waals surface area contributed by atoms with Crippen molar-refractivity contribution in [3.63, 3.8) is 0 Å². The first kappa shape index (κ1) is 14.6. The van der Waals surface area contributed by atoms with Gasteiger partial charge in [0.2, 0.25) is 0 Å². The fraction of sp³-hybridized carbons (Fsp3) is 0.533. The molecule has 2 aliphatic rings. The van der Waals surface area contributed by atoms with Gasteiger partial charge in [-0.05, 0) is 43.4 Å². The summed E-state index contributed by atoms with van der Waals surface area (Å²) < 4.78 is 5.39. The van der Waals surface area contributed by atoms with E-state index in [4.69, 9.17) is 21.2 Å². The van der Waals surface area contributed by atoms with E-state index < -0.39 is 0 Å². The zero-order chi connectivity index (χ0) is 14.7. The molecule has 1 aliphatic heterocycles. The summed E-state index contributed by atoms with van der Waals surface area (Å²) in [6.07, 6.45) is 4.41. The molecule has 2 N–H and O–H groups in total. The minimum Gasteiger partial charge on any atom is -0.350 e. The van der Waals surface area contributed by atoms with Crippen molar-refractivity contribution in [3.8, 4) is 0 Å². The third kappa shape index (κ3) is 3.67. The third-order valence-corrected chi connectivity index (χ3v) is 4.17. The monoisotopic (exact) mass is 310 g/mol. The molecule has 114 valence electrons. The van der Waals surface area contributed by atoms with Gasteiger partial charge in [-0.15, -0.1) is 0 Å². The number of ether oxygens (including phenoxy) is 1. The molecule has 6 heteroatoms. The van der Waals surface area contributed by atoms with Gasteiger partial charge in [0.05, 0.1) is 5.54 Å². The van der Waals surface area contributed by atoms with Crippen LogP contribution in [-0.2, 0) is 15.1 Å². The van der Waals surface area contributed by atoms with E-state index in [9.17, 15) is 4.79 Å². The molecule has 1 aromatic carbocycles. The highest BCUT2D eigenvalue weighted by Crippen LogP contribution is 2.45. The SMILES string of the molecule is O=C(NO[C@@H]1CCCCO1)NC1(c2ccc(Cl)cc2)CC1. The van der Waals surface area contributed by atoms with Gasteiger partial charge in [-0.3, -0.25) is 0 Å². The van der Waals surface area contributed by atoms with Crippen molar-refractivity contribution in [1.82, 2.24) is 10.8 Å². The second-order valence-electron chi connectivity index (χ2n) is 5.56. The number of hydrogen-bond acceptors (Lipinski definition) is 3. The summed E-state index contributed by atoms with van der Waals surface area (Å²) in [4.78, 5) is 17.2. The minimum atomic E-state index is -0.338. The van der Waals surface area contributed by atoms with Crippen LogP contribution in [0.2, 0.25) is 5.02 Å². The van der Waals surface area contributed by atoms with E-state index in [2.05, 4.69) is 10.8 Å². The summed E-state index contributed by atoms with van der Waals surface area (Å²) in [6.45, 7) is 0.683. The molecule has 0 bridgehead atoms. The van der Waals surface area contributed by atoms with Crippen LogP contribution in [-0.4, -0.2) is 18.9 Å². The van der Waals surface area contributed by atoms with Gasteiger partial charge in [-0.1, -0.05) is 23.7 Å². The highest BCUT2D eigenvalue weighted by atomic mass is 35.5. The van der Waals surface area contributed by atoms with Gasteiger partial charge in [-0.25, -0.2) is 15.1 Å². The summed E-state index contributed by atoms with van der Waals surface area (Å²) in [5.74, 6) is 0. The molecular weight excluding hydrogens is 292 g/mol. The molecule has 2 fully saturated rings. The number of amides is 2. The lowest BCUT2D eigenvalue weighted by Gasteiger charge is -2.23. The highest BCUT2D eigenvalue weighted by molar-refractivity contribution is 6.30. The normalized spacial score (nSPS) is 23.4. The van der Waals surface area contributed by atoms with Crippen molar-refractivity contribution in [3.05, 3.63) is 34.9 Å². The molecule has 3 rings (SSSR count). The Labute approximate surface area is 128 Å². The molecule has 0 aromatic heterocycles. The van der Waals surface area contributed by atoms with Gasteiger partial charge in [0.1, 0.15) is 0 Å². The smallest absolute Gasteiger partial charge is 0.339 e. The van der Waals surface area contributed by atoms with E-state index in [1.165, 1.54) is 0 Å². The molecule has 1 atom stereocenters. The summed E-state index contributed by atoms with van der Waals surface area (Å²) in [5.41, 5.74) is 3.21. The van der Waals surface area contributed by atoms with Crippen LogP contribution in [0.25, 0.3) is 0 Å². The molecule has 0 radical (unpaired) electrons. The van der Waals surface area contributed by atoms with E-state index in [0.717, 1.165) is 37.7 Å². The Bertz CT molecular complexity index is 496. The first-order valence-corrected chi connectivity index (χ1v) is 7.67. The van der Waals surface area contributed by atoms with Crippen molar-refractivity contribution < 1.29 is 14.4 Å². The second-order valence-corrected chi connectivity index (χ2v) is 6.00. The van der Waals surface area contributed by atoms with Crippen LogP contribution in [0.1, 0.15) is 37.7 Å². The topological polar surface area (TPSA) is 59.6 Å². The average Bonchev–Trinajstić information content (AvgIpc) is 3.27. The Morgan fingerprint density at radius 2 is 2.05 bits per heavy atom. The van der Waals surface area contributed by atoms with Crippen LogP contribution in [0, 0.1) is 0 Å². The van der Waals surface area contributed by atoms with E-state index in [-0.39, 0.29) is 17.9 Å². The molecule has 1 saturated heterocycles. The number of carbonyl (C=O) groups is 1. The van der Waals surface area contributed by atoms with E-state index in [1.54, 1.807) is 0 Å². The Morgan fingerprint density at radius 1 is 1.29 bits per heavy atom. The maximum absolute atomic E-state index is 12.0. The Morgan fingerprint density at radius 3 is 2.67 bits per heavy atom. The lowest BCUT2D eigenvalue weighted by molar-refractivity contribution is -0.186. The molecular formula is C15H19ClN2O3. The second kappa shape index (κ2) is 6.22. The number of rotatable bonds is 4. The van der Waals surface area contributed by atoms with Crippen LogP contribution < -0.4 is 10.8 Å². The van der Waals surface area contributed by atoms with Crippen molar-refractivity contribution in [2.24, 2.45) is 0 Å². The van der Waals surface area contributed by atoms with E-state index in [0.29, 0.717) is 11.6 Å². The average molecular weight is 311 g/mol. The largest absolute Gasteiger partial charge is 0.350 e. The number of carbonyl (C=O) groups excluding carboxylic acids is 1. The highest BCUT2D eigenvalue weighted by Gasteiger charge is 2.45. The molecule has 5 nitrogen and oxygen atoms in total. The maximum Gasteiger partial charge on any atom is 0.339 e. The Kier molecular flexibility index (Phi) is 4.33. The number of urea groups is 1. The van der Waals surface area contributed by atoms with Crippen molar-refractivity contribution in [2.45, 2.75) is 43.9 Å². The van der Waals surface area contributed by atoms with Crippen molar-refractivity contribution in [2.75, 3.05) is 6.61 Å². The van der Waals surface area contributed by atoms with Gasteiger partial charge in [0.15, 0.2) is 6.29 Å². The van der Waals surface area contributed by atoms with Crippen molar-refractivity contribution >= 4 is 17.6 Å². The van der Waals surface area contributed by atoms with Gasteiger partial charge < -0.3 is 10.1 Å². The molecule has 1 heterocycles. The number of nitrogens with one attached hydrogen (secondary N) is 2. The zero-order valence-corrected chi connectivity index (χ0v) is 12.5. The Balaban J connectivity index is 1.51. The summed E-state index contributed by atoms with van der Waals surface area (Å²) in [5, 5.41) is 3.66. The first-order chi connectivity index (χ1) is 10.2. The predicted molar refractivity (Wildman–Crippen MR) is 78.7 cm³/mol. The molecule has 0 spiro atoms. The van der Waals surface area contributed by atoms with Crippen LogP contribution >= 0.6 is 11.6 Å². The minimum absolute atomic E-state index is 0.286. The van der Waals surface area contributed by atoms with Gasteiger partial charge in [-0.2, -0.15) is 0 Å². The first-order valence-electron chi connectivity index (χ1n) is 7.29. The van der Waals surface area contributed by atoms with Crippen LogP contribution in [0.4, 0.5) is 4.79 Å². The van der Waals surface area contributed by atoms with E-state index >= 15 is 0 Å². The fourth-order valence-corrected chi connectivity index (χ4v) is 2.67. The molecule has 1 aromatic rings. The lowest BCUT2D eigenvalue weighted by atomic mass is 10.1. The number of hydrogen-bond donors (Lipinski definition) is 2. The quantitative estimate of drug-likeness (QED) is 0.840. The molecule has 2 amide bonds. The van der Waals surface area contributed by atoms with Crippen molar-refractivity contribution in [1.29, 1.82) is 0 Å². The number of hydroxylamine groups is 1. The lowest BCUT2D eigenvalue weighted by Crippen LogP contribution is -2.44. The van der Waals surface area contributed by atoms with Crippen LogP contribution in [0.15, 0.2) is 24.3 Å². The van der Waals surface area contributed by atoms with Crippen LogP contribution in [0.5, 0.6) is 0 Å². The maximum atomic E-state index is 12.0.